The predicted octanol–water partition coefficient (Wildman–Crippen LogP) is 2.06. The molecule has 1 heterocycles. The zero-order valence-corrected chi connectivity index (χ0v) is 13.2. The summed E-state index contributed by atoms with van der Waals surface area (Å²) in [6.07, 6.45) is 5.09. The van der Waals surface area contributed by atoms with Crippen LogP contribution >= 0.6 is 0 Å². The first kappa shape index (κ1) is 16.0. The first-order valence-corrected chi connectivity index (χ1v) is 8.77. The summed E-state index contributed by atoms with van der Waals surface area (Å²) in [6.45, 7) is 4.36. The second-order valence-electron chi connectivity index (χ2n) is 5.73. The maximum atomic E-state index is 12.4. The molecule has 0 aromatic carbocycles. The van der Waals surface area contributed by atoms with E-state index in [2.05, 4.69) is 11.6 Å². The number of sulfonamides is 1. The average molecular weight is 314 g/mol. The topological polar surface area (TPSA) is 88.4 Å². The molecule has 1 aliphatic carbocycles. The Hall–Kier alpha value is -1.34. The van der Waals surface area contributed by atoms with Gasteiger partial charge in [0.05, 0.1) is 0 Å². The molecule has 1 aliphatic rings. The summed E-state index contributed by atoms with van der Waals surface area (Å²) in [7, 11) is -3.66. The minimum absolute atomic E-state index is 0.00450. The number of aryl methyl sites for hydroxylation is 1. The lowest BCUT2D eigenvalue weighted by atomic mass is 9.88. The smallest absolute Gasteiger partial charge is 0.352 e. The monoisotopic (exact) mass is 314 g/mol. The van der Waals surface area contributed by atoms with Crippen LogP contribution in [0.25, 0.3) is 0 Å². The van der Waals surface area contributed by atoms with E-state index in [-0.39, 0.29) is 16.6 Å². The number of aromatic carboxylic acids is 1. The van der Waals surface area contributed by atoms with E-state index in [1.807, 2.05) is 0 Å². The Morgan fingerprint density at radius 3 is 2.48 bits per heavy atom. The molecule has 0 radical (unpaired) electrons. The van der Waals surface area contributed by atoms with E-state index < -0.39 is 16.0 Å². The van der Waals surface area contributed by atoms with Gasteiger partial charge in [0.1, 0.15) is 10.6 Å². The minimum atomic E-state index is -3.66. The molecule has 1 saturated carbocycles. The van der Waals surface area contributed by atoms with Gasteiger partial charge in [-0.2, -0.15) is 0 Å². The Bertz CT molecular complexity index is 613. The van der Waals surface area contributed by atoms with Gasteiger partial charge in [-0.05, 0) is 44.6 Å². The van der Waals surface area contributed by atoms with Crippen molar-refractivity contribution in [2.45, 2.75) is 57.0 Å². The second-order valence-corrected chi connectivity index (χ2v) is 7.44. The summed E-state index contributed by atoms with van der Waals surface area (Å²) in [4.78, 5) is 11.1. The molecule has 0 aliphatic heterocycles. The molecule has 21 heavy (non-hydrogen) atoms. The van der Waals surface area contributed by atoms with Gasteiger partial charge in [-0.15, -0.1) is 0 Å². The van der Waals surface area contributed by atoms with Crippen molar-refractivity contribution in [2.75, 3.05) is 0 Å². The zero-order chi connectivity index (χ0) is 15.6. The molecule has 7 heteroatoms. The first-order valence-electron chi connectivity index (χ1n) is 7.29. The third-order valence-electron chi connectivity index (χ3n) is 4.08. The molecular formula is C14H22N2O4S. The first-order chi connectivity index (χ1) is 9.83. The van der Waals surface area contributed by atoms with Crippen molar-refractivity contribution in [1.82, 2.24) is 9.29 Å². The van der Waals surface area contributed by atoms with E-state index in [4.69, 9.17) is 5.11 Å². The summed E-state index contributed by atoms with van der Waals surface area (Å²) in [5.74, 6) is -0.477. The summed E-state index contributed by atoms with van der Waals surface area (Å²) in [5, 5.41) is 9.09. The van der Waals surface area contributed by atoms with Crippen molar-refractivity contribution in [3.8, 4) is 0 Å². The van der Waals surface area contributed by atoms with Gasteiger partial charge in [0, 0.05) is 18.8 Å². The van der Waals surface area contributed by atoms with Crippen LogP contribution in [0.3, 0.4) is 0 Å². The maximum absolute atomic E-state index is 12.4. The lowest BCUT2D eigenvalue weighted by Crippen LogP contribution is -2.37. The Balaban J connectivity index is 2.18. The van der Waals surface area contributed by atoms with E-state index >= 15 is 0 Å². The molecule has 0 bridgehead atoms. The molecule has 1 aromatic heterocycles. The Morgan fingerprint density at radius 2 is 2.00 bits per heavy atom. The molecule has 118 valence electrons. The molecule has 0 spiro atoms. The molecule has 1 fully saturated rings. The van der Waals surface area contributed by atoms with E-state index in [9.17, 15) is 13.2 Å². The van der Waals surface area contributed by atoms with Gasteiger partial charge in [0.2, 0.25) is 10.0 Å². The highest BCUT2D eigenvalue weighted by Crippen LogP contribution is 2.25. The molecule has 0 atom stereocenters. The van der Waals surface area contributed by atoms with Gasteiger partial charge < -0.3 is 9.67 Å². The van der Waals surface area contributed by atoms with Crippen LogP contribution < -0.4 is 4.72 Å². The fraction of sp³-hybridized carbons (Fsp3) is 0.643. The lowest BCUT2D eigenvalue weighted by molar-refractivity contribution is 0.0685. The summed E-state index contributed by atoms with van der Waals surface area (Å²) in [6, 6.07) is 1.17. The molecule has 1 aromatic rings. The number of carboxylic acid groups (broad SMARTS) is 1. The quantitative estimate of drug-likeness (QED) is 0.870. The Morgan fingerprint density at radius 1 is 1.38 bits per heavy atom. The van der Waals surface area contributed by atoms with E-state index in [0.29, 0.717) is 12.5 Å². The van der Waals surface area contributed by atoms with Gasteiger partial charge in [0.15, 0.2) is 0 Å². The van der Waals surface area contributed by atoms with Crippen molar-refractivity contribution in [1.29, 1.82) is 0 Å². The molecular weight excluding hydrogens is 292 g/mol. The number of nitrogens with one attached hydrogen (secondary N) is 1. The molecule has 2 rings (SSSR count). The number of nitrogens with zero attached hydrogens (tertiary/aromatic N) is 1. The van der Waals surface area contributed by atoms with Crippen molar-refractivity contribution < 1.29 is 18.3 Å². The van der Waals surface area contributed by atoms with Gasteiger partial charge in [-0.3, -0.25) is 0 Å². The predicted molar refractivity (Wildman–Crippen MR) is 78.8 cm³/mol. The number of rotatable bonds is 5. The summed E-state index contributed by atoms with van der Waals surface area (Å²) < 4.78 is 28.9. The summed E-state index contributed by atoms with van der Waals surface area (Å²) in [5.41, 5.74) is -0.00450. The number of hydrogen-bond donors (Lipinski definition) is 2. The maximum Gasteiger partial charge on any atom is 0.352 e. The average Bonchev–Trinajstić information content (AvgIpc) is 2.86. The van der Waals surface area contributed by atoms with Crippen LogP contribution in [0.5, 0.6) is 0 Å². The fourth-order valence-electron chi connectivity index (χ4n) is 2.74. The van der Waals surface area contributed by atoms with Crippen LogP contribution in [0.15, 0.2) is 17.2 Å². The number of aromatic nitrogens is 1. The molecule has 0 unspecified atom stereocenters. The number of carboxylic acids is 1. The van der Waals surface area contributed by atoms with Crippen molar-refractivity contribution in [3.05, 3.63) is 18.0 Å². The fourth-order valence-corrected chi connectivity index (χ4v) is 4.08. The van der Waals surface area contributed by atoms with Gasteiger partial charge in [0.25, 0.3) is 0 Å². The highest BCUT2D eigenvalue weighted by Gasteiger charge is 2.26. The normalized spacial score (nSPS) is 23.1. The number of hydrogen-bond acceptors (Lipinski definition) is 3. The van der Waals surface area contributed by atoms with Crippen LogP contribution in [0.4, 0.5) is 0 Å². The largest absolute Gasteiger partial charge is 0.477 e. The molecule has 0 amide bonds. The molecule has 0 saturated heterocycles. The van der Waals surface area contributed by atoms with Gasteiger partial charge in [-0.1, -0.05) is 6.92 Å². The van der Waals surface area contributed by atoms with E-state index in [1.165, 1.54) is 16.8 Å². The van der Waals surface area contributed by atoms with Crippen LogP contribution in [0.2, 0.25) is 0 Å². The van der Waals surface area contributed by atoms with Gasteiger partial charge in [-0.25, -0.2) is 17.9 Å². The summed E-state index contributed by atoms with van der Waals surface area (Å²) >= 11 is 0. The third kappa shape index (κ3) is 3.65. The second kappa shape index (κ2) is 6.19. The van der Waals surface area contributed by atoms with Crippen LogP contribution in [-0.4, -0.2) is 30.1 Å². The van der Waals surface area contributed by atoms with E-state index in [0.717, 1.165) is 25.7 Å². The highest BCUT2D eigenvalue weighted by atomic mass is 32.2. The van der Waals surface area contributed by atoms with Crippen molar-refractivity contribution >= 4 is 16.0 Å². The zero-order valence-electron chi connectivity index (χ0n) is 12.4. The van der Waals surface area contributed by atoms with E-state index in [1.54, 1.807) is 6.92 Å². The van der Waals surface area contributed by atoms with Gasteiger partial charge >= 0.3 is 5.97 Å². The Labute approximate surface area is 125 Å². The molecule has 2 N–H and O–H groups in total. The van der Waals surface area contributed by atoms with Crippen LogP contribution in [0, 0.1) is 5.92 Å². The number of carbonyl (C=O) groups is 1. The van der Waals surface area contributed by atoms with Crippen LogP contribution in [-0.2, 0) is 16.6 Å². The van der Waals surface area contributed by atoms with Crippen molar-refractivity contribution in [2.24, 2.45) is 5.92 Å². The third-order valence-corrected chi connectivity index (χ3v) is 5.57. The van der Waals surface area contributed by atoms with Crippen molar-refractivity contribution in [3.63, 3.8) is 0 Å². The lowest BCUT2D eigenvalue weighted by Gasteiger charge is -2.26. The SMILES string of the molecule is CCn1cc(S(=O)(=O)NC2CCC(C)CC2)cc1C(=O)O. The standard InChI is InChI=1S/C14H22N2O4S/c1-3-16-9-12(8-13(16)14(17)18)21(19,20)15-11-6-4-10(2)5-7-11/h8-11,15H,3-7H2,1-2H3,(H,17,18). The minimum Gasteiger partial charge on any atom is -0.477 e. The molecule has 6 nitrogen and oxygen atoms in total. The highest BCUT2D eigenvalue weighted by molar-refractivity contribution is 7.89. The van der Waals surface area contributed by atoms with Crippen LogP contribution in [0.1, 0.15) is 50.0 Å². The Kier molecular flexibility index (Phi) is 4.73.